The van der Waals surface area contributed by atoms with Gasteiger partial charge in [-0.05, 0) is 12.8 Å². The van der Waals surface area contributed by atoms with E-state index in [2.05, 4.69) is 11.1 Å². The van der Waals surface area contributed by atoms with E-state index in [0.29, 0.717) is 6.61 Å². The second-order valence-corrected chi connectivity index (χ2v) is 6.14. The topological polar surface area (TPSA) is 89.9 Å². The zero-order valence-corrected chi connectivity index (χ0v) is 16.7. The molecule has 0 aromatic rings. The Hall–Kier alpha value is 0.340. The molecule has 0 amide bonds. The van der Waals surface area contributed by atoms with E-state index in [1.165, 1.54) is 38.5 Å². The minimum Gasteiger partial charge on any atom is -1.00 e. The van der Waals surface area contributed by atoms with Gasteiger partial charge >= 0.3 is 45.9 Å². The van der Waals surface area contributed by atoms with Crippen molar-refractivity contribution in [2.45, 2.75) is 71.1 Å². The molecule has 6 nitrogen and oxygen atoms in total. The normalized spacial score (nSPS) is 11.0. The molecule has 0 aliphatic rings. The maximum atomic E-state index is 11.3. The van der Waals surface area contributed by atoms with Crippen LogP contribution in [0.25, 0.3) is 0 Å². The second kappa shape index (κ2) is 16.2. The van der Waals surface area contributed by atoms with Crippen molar-refractivity contribution >= 4 is 16.4 Å². The zero-order valence-electron chi connectivity index (χ0n) is 14.9. The molecule has 0 heterocycles. The Balaban J connectivity index is -0.00000200. The molecule has 22 heavy (non-hydrogen) atoms. The molecule has 1 N–H and O–H groups in total. The monoisotopic (exact) mass is 348 g/mol. The van der Waals surface area contributed by atoms with Gasteiger partial charge in [-0.2, -0.15) is 8.42 Å². The van der Waals surface area contributed by atoms with Crippen LogP contribution in [0.15, 0.2) is 0 Å². The van der Waals surface area contributed by atoms with E-state index in [9.17, 15) is 13.2 Å². The molecular formula is C14H29NaO6S. The Morgan fingerprint density at radius 2 is 1.50 bits per heavy atom. The number of hydrogen-bond donors (Lipinski definition) is 1. The molecule has 0 radical (unpaired) electrons. The van der Waals surface area contributed by atoms with E-state index in [0.717, 1.165) is 12.8 Å². The van der Waals surface area contributed by atoms with E-state index in [4.69, 9.17) is 9.29 Å². The number of carbonyl (C=O) groups is 1. The SMILES string of the molecule is CCCCCCCCCCOC(=O)CCCOS(=O)(=O)O.[H-].[Na+]. The van der Waals surface area contributed by atoms with Crippen LogP contribution in [0.4, 0.5) is 0 Å². The molecule has 0 saturated carbocycles. The number of unbranched alkanes of at least 4 members (excludes halogenated alkanes) is 7. The van der Waals surface area contributed by atoms with Gasteiger partial charge in [0.05, 0.1) is 13.2 Å². The molecule has 0 spiro atoms. The maximum Gasteiger partial charge on any atom is 1.00 e. The van der Waals surface area contributed by atoms with E-state index >= 15 is 0 Å². The Labute approximate surface area is 158 Å². The van der Waals surface area contributed by atoms with Gasteiger partial charge in [-0.25, -0.2) is 4.18 Å². The fraction of sp³-hybridized carbons (Fsp3) is 0.929. The smallest absolute Gasteiger partial charge is 1.00 e. The molecule has 8 heteroatoms. The third-order valence-corrected chi connectivity index (χ3v) is 3.48. The molecule has 0 aromatic heterocycles. The van der Waals surface area contributed by atoms with E-state index in [-0.39, 0.29) is 56.4 Å². The molecule has 0 fully saturated rings. The first kappa shape index (κ1) is 24.6. The molecule has 0 aromatic carbocycles. The van der Waals surface area contributed by atoms with Crippen LogP contribution < -0.4 is 29.6 Å². The van der Waals surface area contributed by atoms with Crippen LogP contribution in [0.2, 0.25) is 0 Å². The largest absolute Gasteiger partial charge is 1.00 e. The molecule has 0 bridgehead atoms. The first-order valence-corrected chi connectivity index (χ1v) is 9.09. The van der Waals surface area contributed by atoms with Gasteiger partial charge in [0.1, 0.15) is 0 Å². The van der Waals surface area contributed by atoms with Crippen molar-refractivity contribution in [1.29, 1.82) is 0 Å². The van der Waals surface area contributed by atoms with Crippen LogP contribution in [0.3, 0.4) is 0 Å². The molecule has 0 saturated heterocycles. The second-order valence-electron chi connectivity index (χ2n) is 5.05. The summed E-state index contributed by atoms with van der Waals surface area (Å²) in [5.41, 5.74) is 0. The van der Waals surface area contributed by atoms with Crippen LogP contribution in [0, 0.1) is 0 Å². The first-order chi connectivity index (χ1) is 9.95. The summed E-state index contributed by atoms with van der Waals surface area (Å²) in [5.74, 6) is -0.364. The zero-order chi connectivity index (χ0) is 16.0. The summed E-state index contributed by atoms with van der Waals surface area (Å²) in [6.07, 6.45) is 9.77. The summed E-state index contributed by atoms with van der Waals surface area (Å²) in [4.78, 5) is 11.3. The third-order valence-electron chi connectivity index (χ3n) is 3.02. The Kier molecular flexibility index (Phi) is 18.1. The molecule has 0 unspecified atom stereocenters. The fourth-order valence-electron chi connectivity index (χ4n) is 1.87. The Morgan fingerprint density at radius 1 is 0.955 bits per heavy atom. The molecule has 0 rings (SSSR count). The Bertz CT molecular complexity index is 364. The van der Waals surface area contributed by atoms with E-state index in [1.807, 2.05) is 0 Å². The van der Waals surface area contributed by atoms with Gasteiger partial charge in [0.15, 0.2) is 0 Å². The number of rotatable bonds is 14. The minimum absolute atomic E-state index is 0. The first-order valence-electron chi connectivity index (χ1n) is 7.73. The molecule has 0 aliphatic carbocycles. The molecule has 0 atom stereocenters. The van der Waals surface area contributed by atoms with Crippen LogP contribution in [0.1, 0.15) is 72.6 Å². The van der Waals surface area contributed by atoms with Gasteiger partial charge < -0.3 is 6.16 Å². The quantitative estimate of drug-likeness (QED) is 0.211. The van der Waals surface area contributed by atoms with Crippen LogP contribution in [-0.2, 0) is 24.1 Å². The third kappa shape index (κ3) is 20.3. The summed E-state index contributed by atoms with van der Waals surface area (Å²) in [6, 6.07) is 0. The minimum atomic E-state index is -4.41. The summed E-state index contributed by atoms with van der Waals surface area (Å²) in [5, 5.41) is 0. The van der Waals surface area contributed by atoms with Crippen LogP contribution >= 0.6 is 0 Å². The number of ether oxygens (including phenoxy) is 1. The predicted molar refractivity (Wildman–Crippen MR) is 81.4 cm³/mol. The van der Waals surface area contributed by atoms with E-state index < -0.39 is 10.4 Å². The maximum absolute atomic E-state index is 11.3. The van der Waals surface area contributed by atoms with Crippen molar-refractivity contribution in [3.8, 4) is 0 Å². The summed E-state index contributed by atoms with van der Waals surface area (Å²) in [7, 11) is -4.41. The van der Waals surface area contributed by atoms with Gasteiger partial charge in [-0.3, -0.25) is 9.35 Å². The molecular weight excluding hydrogens is 319 g/mol. The van der Waals surface area contributed by atoms with Crippen molar-refractivity contribution in [2.75, 3.05) is 13.2 Å². The average molecular weight is 348 g/mol. The van der Waals surface area contributed by atoms with Gasteiger partial charge in [0.2, 0.25) is 0 Å². The van der Waals surface area contributed by atoms with Crippen LogP contribution in [0.5, 0.6) is 0 Å². The molecule has 128 valence electrons. The standard InChI is InChI=1S/C14H28O6S.Na.H/c1-2-3-4-5-6-7-8-9-12-19-14(15)11-10-13-20-21(16,17)18;;/h2-13H2,1H3,(H,16,17,18);;/q;+1;-1. The number of esters is 1. The van der Waals surface area contributed by atoms with Crippen molar-refractivity contribution in [3.63, 3.8) is 0 Å². The summed E-state index contributed by atoms with van der Waals surface area (Å²) in [6.45, 7) is 2.39. The van der Waals surface area contributed by atoms with Gasteiger partial charge in [0.25, 0.3) is 0 Å². The van der Waals surface area contributed by atoms with Crippen molar-refractivity contribution < 1.29 is 57.7 Å². The summed E-state index contributed by atoms with van der Waals surface area (Å²) >= 11 is 0. The average Bonchev–Trinajstić information content (AvgIpc) is 2.41. The number of hydrogen-bond acceptors (Lipinski definition) is 5. The predicted octanol–water partition coefficient (Wildman–Crippen LogP) is 0.386. The van der Waals surface area contributed by atoms with Crippen LogP contribution in [-0.4, -0.2) is 32.2 Å². The fourth-order valence-corrected chi connectivity index (χ4v) is 2.20. The van der Waals surface area contributed by atoms with Gasteiger partial charge in [-0.1, -0.05) is 51.9 Å². The summed E-state index contributed by atoms with van der Waals surface area (Å²) < 4.78 is 37.9. The van der Waals surface area contributed by atoms with Crippen molar-refractivity contribution in [2.24, 2.45) is 0 Å². The van der Waals surface area contributed by atoms with Crippen molar-refractivity contribution in [1.82, 2.24) is 0 Å². The van der Waals surface area contributed by atoms with Gasteiger partial charge in [-0.15, -0.1) is 0 Å². The molecule has 0 aliphatic heterocycles. The van der Waals surface area contributed by atoms with Gasteiger partial charge in [0, 0.05) is 6.42 Å². The van der Waals surface area contributed by atoms with E-state index in [1.54, 1.807) is 0 Å². The Morgan fingerprint density at radius 3 is 2.05 bits per heavy atom. The van der Waals surface area contributed by atoms with Crippen molar-refractivity contribution in [3.05, 3.63) is 0 Å². The number of carbonyl (C=O) groups excluding carboxylic acids is 1.